The quantitative estimate of drug-likeness (QED) is 0.167. The van der Waals surface area contributed by atoms with E-state index in [1.54, 1.807) is 0 Å². The van der Waals surface area contributed by atoms with Crippen LogP contribution in [0.5, 0.6) is 0 Å². The molecule has 4 aliphatic rings. The molecule has 4 fully saturated rings. The molecule has 4 N–H and O–H groups in total. The molecular formula is C34H55N5O8S. The molecule has 0 radical (unpaired) electrons. The summed E-state index contributed by atoms with van der Waals surface area (Å²) in [5.74, 6) is -2.73. The van der Waals surface area contributed by atoms with E-state index in [0.717, 1.165) is 25.7 Å². The van der Waals surface area contributed by atoms with Gasteiger partial charge in [0.2, 0.25) is 17.6 Å². The molecule has 5 amide bonds. The van der Waals surface area contributed by atoms with E-state index in [4.69, 9.17) is 4.74 Å². The number of Topliss-reactive ketones (excluding diaryl/α,β-unsaturated/α-hetero) is 1. The third kappa shape index (κ3) is 7.74. The number of likely N-dealkylation sites (tertiary alicyclic amines) is 1. The third-order valence-corrected chi connectivity index (χ3v) is 12.8. The van der Waals surface area contributed by atoms with Gasteiger partial charge in [-0.3, -0.25) is 19.2 Å². The number of nitrogens with one attached hydrogen (secondary N) is 4. The second kappa shape index (κ2) is 14.5. The number of sulfone groups is 1. The summed E-state index contributed by atoms with van der Waals surface area (Å²) >= 11 is 0. The lowest BCUT2D eigenvalue weighted by Gasteiger charge is -2.42. The molecule has 0 aromatic carbocycles. The maximum atomic E-state index is 14.4. The Bertz CT molecular complexity index is 1380. The smallest absolute Gasteiger partial charge is 0.316 e. The Morgan fingerprint density at radius 3 is 2.29 bits per heavy atom. The van der Waals surface area contributed by atoms with Gasteiger partial charge in [-0.25, -0.2) is 13.2 Å². The Morgan fingerprint density at radius 2 is 1.73 bits per heavy atom. The lowest BCUT2D eigenvalue weighted by molar-refractivity contribution is -0.145. The van der Waals surface area contributed by atoms with Crippen molar-refractivity contribution in [1.82, 2.24) is 26.2 Å². The molecule has 0 unspecified atom stereocenters. The van der Waals surface area contributed by atoms with Crippen molar-refractivity contribution in [3.63, 3.8) is 0 Å². The molecule has 2 aliphatic carbocycles. The van der Waals surface area contributed by atoms with Crippen molar-refractivity contribution in [3.05, 3.63) is 12.7 Å². The number of carbonyl (C=O) groups excluding carboxylic acids is 5. The summed E-state index contributed by atoms with van der Waals surface area (Å²) in [6.45, 7) is 15.5. The molecule has 4 rings (SSSR count). The fraction of sp³-hybridized carbons (Fsp3) is 0.794. The van der Waals surface area contributed by atoms with Gasteiger partial charge in [-0.15, -0.1) is 6.58 Å². The van der Waals surface area contributed by atoms with Gasteiger partial charge in [-0.2, -0.15) is 0 Å². The van der Waals surface area contributed by atoms with Gasteiger partial charge in [-0.05, 0) is 41.9 Å². The molecule has 48 heavy (non-hydrogen) atoms. The SMILES string of the molecule is C=CCNC(=O)C(=O)[C@H](CCCC)NC(=O)[C@@H]1[C@@H]2[C@H](CN1C(=O)[C@@H](NC(=O)NC1([C@@H]3OCCS3(=O)=O)CCCCC1)C(C)(C)C)C2(C)C. The van der Waals surface area contributed by atoms with Crippen LogP contribution in [0.1, 0.15) is 92.9 Å². The van der Waals surface area contributed by atoms with Gasteiger partial charge in [0.15, 0.2) is 15.3 Å². The fourth-order valence-electron chi connectivity index (χ4n) is 7.95. The minimum absolute atomic E-state index is 0.0440. The zero-order chi connectivity index (χ0) is 35.7. The van der Waals surface area contributed by atoms with Gasteiger partial charge in [0.05, 0.1) is 23.9 Å². The number of urea groups is 1. The normalized spacial score (nSPS) is 27.9. The third-order valence-electron chi connectivity index (χ3n) is 10.8. The highest BCUT2D eigenvalue weighted by Gasteiger charge is 2.70. The largest absolute Gasteiger partial charge is 0.359 e. The van der Waals surface area contributed by atoms with Crippen LogP contribution in [-0.4, -0.2) is 97.4 Å². The zero-order valence-corrected chi connectivity index (χ0v) is 30.2. The second-order valence-corrected chi connectivity index (χ2v) is 17.8. The summed E-state index contributed by atoms with van der Waals surface area (Å²) in [4.78, 5) is 69.3. The second-order valence-electron chi connectivity index (χ2n) is 15.6. The van der Waals surface area contributed by atoms with Crippen molar-refractivity contribution < 1.29 is 37.1 Å². The van der Waals surface area contributed by atoms with Gasteiger partial charge < -0.3 is 30.9 Å². The Hall–Kier alpha value is -3.00. The molecule has 0 aromatic heterocycles. The van der Waals surface area contributed by atoms with Gasteiger partial charge in [0.1, 0.15) is 12.1 Å². The van der Waals surface area contributed by atoms with Crippen LogP contribution in [0.15, 0.2) is 12.7 Å². The van der Waals surface area contributed by atoms with Gasteiger partial charge in [0, 0.05) is 13.1 Å². The van der Waals surface area contributed by atoms with Crippen LogP contribution in [0, 0.1) is 22.7 Å². The summed E-state index contributed by atoms with van der Waals surface area (Å²) in [7, 11) is -3.58. The maximum Gasteiger partial charge on any atom is 0.316 e. The highest BCUT2D eigenvalue weighted by molar-refractivity contribution is 7.92. The molecular weight excluding hydrogens is 638 g/mol. The van der Waals surface area contributed by atoms with Crippen molar-refractivity contribution in [1.29, 1.82) is 0 Å². The summed E-state index contributed by atoms with van der Waals surface area (Å²) in [6.07, 6.45) is 6.36. The van der Waals surface area contributed by atoms with E-state index >= 15 is 0 Å². The van der Waals surface area contributed by atoms with Crippen LogP contribution in [0.2, 0.25) is 0 Å². The lowest BCUT2D eigenvalue weighted by Crippen LogP contribution is -2.65. The summed E-state index contributed by atoms with van der Waals surface area (Å²) < 4.78 is 31.5. The number of hydrogen-bond donors (Lipinski definition) is 4. The molecule has 270 valence electrons. The molecule has 2 saturated carbocycles. The minimum Gasteiger partial charge on any atom is -0.359 e. The van der Waals surface area contributed by atoms with E-state index in [2.05, 4.69) is 27.8 Å². The molecule has 14 heteroatoms. The molecule has 0 aromatic rings. The lowest BCUT2D eigenvalue weighted by atomic mass is 9.82. The van der Waals surface area contributed by atoms with Crippen LogP contribution in [-0.2, 0) is 33.8 Å². The zero-order valence-electron chi connectivity index (χ0n) is 29.4. The number of amides is 5. The Labute approximate surface area is 285 Å². The number of unbranched alkanes of at least 4 members (excludes halogenated alkanes) is 1. The van der Waals surface area contributed by atoms with Crippen LogP contribution < -0.4 is 21.3 Å². The van der Waals surface area contributed by atoms with E-state index in [9.17, 15) is 32.4 Å². The van der Waals surface area contributed by atoms with Gasteiger partial charge in [0.25, 0.3) is 5.91 Å². The average molecular weight is 694 g/mol. The van der Waals surface area contributed by atoms with E-state index in [1.807, 2.05) is 41.5 Å². The van der Waals surface area contributed by atoms with E-state index in [-0.39, 0.29) is 42.6 Å². The molecule has 13 nitrogen and oxygen atoms in total. The first-order valence-corrected chi connectivity index (χ1v) is 19.1. The van der Waals surface area contributed by atoms with E-state index < -0.39 is 73.9 Å². The number of piperidine rings is 1. The molecule has 2 heterocycles. The number of fused-ring (bicyclic) bond motifs is 1. The standard InChI is InChI=1S/C34H55N5O8S/c1-8-10-14-22(25(40)28(42)35-17-9-2)36-27(41)24-23-21(33(23,6)7)20-39(24)29(43)26(32(3,4)5)37-31(44)38-34(15-12-11-13-16-34)30-47-18-19-48(30,45)46/h9,21-24,26,30H,2,8,10-20H2,1,3-7H3,(H,35,42)(H,36,41)(H2,37,38,44)/t21-,22-,23-,24-,26+,30+/m0/s1. The first-order chi connectivity index (χ1) is 22.4. The number of rotatable bonds is 13. The Balaban J connectivity index is 1.55. The first kappa shape index (κ1) is 37.8. The van der Waals surface area contributed by atoms with Crippen molar-refractivity contribution >= 4 is 39.4 Å². The Kier molecular flexibility index (Phi) is 11.4. The fourth-order valence-corrected chi connectivity index (χ4v) is 9.78. The first-order valence-electron chi connectivity index (χ1n) is 17.4. The topological polar surface area (TPSA) is 180 Å². The van der Waals surface area contributed by atoms with E-state index in [1.165, 1.54) is 11.0 Å². The van der Waals surface area contributed by atoms with Crippen LogP contribution >= 0.6 is 0 Å². The minimum atomic E-state index is -3.58. The molecule has 2 aliphatic heterocycles. The van der Waals surface area contributed by atoms with Crippen LogP contribution in [0.25, 0.3) is 0 Å². The number of nitrogens with zero attached hydrogens (tertiary/aromatic N) is 1. The van der Waals surface area contributed by atoms with Crippen molar-refractivity contribution in [2.75, 3.05) is 25.4 Å². The van der Waals surface area contributed by atoms with Gasteiger partial charge in [-0.1, -0.05) is 79.7 Å². The molecule has 2 saturated heterocycles. The molecule has 0 spiro atoms. The van der Waals surface area contributed by atoms with Crippen LogP contribution in [0.4, 0.5) is 4.79 Å². The average Bonchev–Trinajstić information content (AvgIpc) is 3.33. The highest BCUT2D eigenvalue weighted by Crippen LogP contribution is 2.65. The molecule has 0 bridgehead atoms. The van der Waals surface area contributed by atoms with E-state index in [0.29, 0.717) is 25.8 Å². The molecule has 6 atom stereocenters. The number of ether oxygens (including phenoxy) is 1. The predicted octanol–water partition coefficient (Wildman–Crippen LogP) is 2.20. The summed E-state index contributed by atoms with van der Waals surface area (Å²) in [5.41, 5.74) is -3.26. The number of ketones is 1. The summed E-state index contributed by atoms with van der Waals surface area (Å²) in [6, 6.07) is -3.68. The predicted molar refractivity (Wildman–Crippen MR) is 180 cm³/mol. The van der Waals surface area contributed by atoms with Crippen molar-refractivity contribution in [2.24, 2.45) is 22.7 Å². The number of carbonyl (C=O) groups is 5. The monoisotopic (exact) mass is 693 g/mol. The Morgan fingerprint density at radius 1 is 1.06 bits per heavy atom. The highest BCUT2D eigenvalue weighted by atomic mass is 32.2. The van der Waals surface area contributed by atoms with Gasteiger partial charge >= 0.3 is 6.03 Å². The van der Waals surface area contributed by atoms with Crippen LogP contribution in [0.3, 0.4) is 0 Å². The van der Waals surface area contributed by atoms with Crippen molar-refractivity contribution in [2.45, 2.75) is 122 Å². The van der Waals surface area contributed by atoms with Crippen molar-refractivity contribution in [3.8, 4) is 0 Å². The number of hydrogen-bond acceptors (Lipinski definition) is 8. The summed E-state index contributed by atoms with van der Waals surface area (Å²) in [5, 5.41) is 11.1. The maximum absolute atomic E-state index is 14.4.